The number of amides is 1. The predicted octanol–water partition coefficient (Wildman–Crippen LogP) is 4.05. The minimum atomic E-state index is -3.40. The summed E-state index contributed by atoms with van der Waals surface area (Å²) < 4.78 is 45.5. The second-order valence-corrected chi connectivity index (χ2v) is 9.45. The molecule has 2 aromatic carbocycles. The number of methoxy groups -OCH3 is 1. The first-order chi connectivity index (χ1) is 13.7. The highest BCUT2D eigenvalue weighted by atomic mass is 32.2. The molecule has 1 aromatic heterocycles. The number of nitrogens with one attached hydrogen (secondary N) is 2. The largest absolute Gasteiger partial charge is 0.380 e. The number of fused-ring (bicyclic) bond motifs is 1. The Bertz CT molecular complexity index is 1160. The summed E-state index contributed by atoms with van der Waals surface area (Å²) in [5, 5.41) is 3.30. The van der Waals surface area contributed by atoms with Crippen molar-refractivity contribution in [2.24, 2.45) is 0 Å². The zero-order chi connectivity index (χ0) is 21.2. The summed E-state index contributed by atoms with van der Waals surface area (Å²) in [4.78, 5) is 13.3. The second kappa shape index (κ2) is 8.48. The van der Waals surface area contributed by atoms with Crippen LogP contribution >= 0.6 is 11.3 Å². The SMILES string of the molecule is COCc1c(C(=O)NC(C)c2cccc(NS(C)(=O)=O)c2)sc2cccc(F)c12. The molecule has 1 unspecified atom stereocenters. The first kappa shape index (κ1) is 21.2. The fourth-order valence-electron chi connectivity index (χ4n) is 3.06. The van der Waals surface area contributed by atoms with Gasteiger partial charge in [0.25, 0.3) is 5.91 Å². The van der Waals surface area contributed by atoms with E-state index in [2.05, 4.69) is 10.0 Å². The number of hydrogen-bond acceptors (Lipinski definition) is 5. The summed E-state index contributed by atoms with van der Waals surface area (Å²) >= 11 is 1.21. The molecule has 0 aliphatic rings. The van der Waals surface area contributed by atoms with Crippen LogP contribution in [0.4, 0.5) is 10.1 Å². The average molecular weight is 437 g/mol. The van der Waals surface area contributed by atoms with Crippen LogP contribution in [0.15, 0.2) is 42.5 Å². The van der Waals surface area contributed by atoms with Crippen LogP contribution in [-0.4, -0.2) is 27.7 Å². The molecule has 0 saturated heterocycles. The van der Waals surface area contributed by atoms with Crippen molar-refractivity contribution in [2.45, 2.75) is 19.6 Å². The lowest BCUT2D eigenvalue weighted by atomic mass is 10.1. The van der Waals surface area contributed by atoms with Crippen molar-refractivity contribution < 1.29 is 22.3 Å². The number of rotatable bonds is 7. The first-order valence-electron chi connectivity index (χ1n) is 8.77. The van der Waals surface area contributed by atoms with Crippen molar-refractivity contribution in [3.05, 3.63) is 64.3 Å². The van der Waals surface area contributed by atoms with Crippen LogP contribution in [-0.2, 0) is 21.4 Å². The smallest absolute Gasteiger partial charge is 0.262 e. The third kappa shape index (κ3) is 4.92. The molecule has 29 heavy (non-hydrogen) atoms. The molecular formula is C20H21FN2O4S2. The molecule has 3 aromatic rings. The lowest BCUT2D eigenvalue weighted by Crippen LogP contribution is -2.26. The van der Waals surface area contributed by atoms with Gasteiger partial charge in [-0.1, -0.05) is 18.2 Å². The van der Waals surface area contributed by atoms with Gasteiger partial charge in [-0.05, 0) is 36.8 Å². The van der Waals surface area contributed by atoms with Gasteiger partial charge in [0.2, 0.25) is 10.0 Å². The van der Waals surface area contributed by atoms with Gasteiger partial charge in [-0.15, -0.1) is 11.3 Å². The minimum Gasteiger partial charge on any atom is -0.380 e. The molecule has 0 bridgehead atoms. The molecule has 0 spiro atoms. The lowest BCUT2D eigenvalue weighted by molar-refractivity contribution is 0.0939. The molecule has 0 saturated carbocycles. The molecular weight excluding hydrogens is 415 g/mol. The maximum Gasteiger partial charge on any atom is 0.262 e. The van der Waals surface area contributed by atoms with E-state index >= 15 is 0 Å². The highest BCUT2D eigenvalue weighted by Crippen LogP contribution is 2.34. The van der Waals surface area contributed by atoms with Gasteiger partial charge in [-0.2, -0.15) is 0 Å². The van der Waals surface area contributed by atoms with Crippen molar-refractivity contribution in [3.8, 4) is 0 Å². The van der Waals surface area contributed by atoms with E-state index in [0.717, 1.165) is 11.8 Å². The number of benzene rings is 2. The molecule has 0 radical (unpaired) electrons. The van der Waals surface area contributed by atoms with E-state index in [1.54, 1.807) is 43.3 Å². The van der Waals surface area contributed by atoms with E-state index in [1.807, 2.05) is 0 Å². The van der Waals surface area contributed by atoms with Crippen LogP contribution in [0.2, 0.25) is 0 Å². The van der Waals surface area contributed by atoms with Gasteiger partial charge in [0.15, 0.2) is 0 Å². The second-order valence-electron chi connectivity index (χ2n) is 6.65. The summed E-state index contributed by atoms with van der Waals surface area (Å²) in [5.41, 5.74) is 1.66. The molecule has 0 aliphatic heterocycles. The summed E-state index contributed by atoms with van der Waals surface area (Å²) in [6.45, 7) is 1.91. The normalized spacial score (nSPS) is 12.7. The fourth-order valence-corrected chi connectivity index (χ4v) is 4.74. The van der Waals surface area contributed by atoms with Gasteiger partial charge in [-0.3, -0.25) is 9.52 Å². The number of carbonyl (C=O) groups excluding carboxylic acids is 1. The topological polar surface area (TPSA) is 84.5 Å². The van der Waals surface area contributed by atoms with E-state index in [4.69, 9.17) is 4.74 Å². The van der Waals surface area contributed by atoms with E-state index in [9.17, 15) is 17.6 Å². The number of halogens is 1. The molecule has 6 nitrogen and oxygen atoms in total. The molecule has 1 heterocycles. The van der Waals surface area contributed by atoms with Crippen LogP contribution in [0.1, 0.15) is 33.8 Å². The van der Waals surface area contributed by atoms with E-state index in [1.165, 1.54) is 24.5 Å². The standard InChI is InChI=1S/C20H21FN2O4S2/c1-12(13-6-4-7-14(10-13)23-29(3,25)26)22-20(24)19-15(11-27-2)18-16(21)8-5-9-17(18)28-19/h4-10,12,23H,11H2,1-3H3,(H,22,24). The molecule has 0 fully saturated rings. The number of carbonyl (C=O) groups is 1. The highest BCUT2D eigenvalue weighted by molar-refractivity contribution is 7.92. The average Bonchev–Trinajstić information content (AvgIpc) is 3.01. The Hall–Kier alpha value is -2.49. The van der Waals surface area contributed by atoms with E-state index < -0.39 is 21.9 Å². The van der Waals surface area contributed by atoms with Crippen molar-refractivity contribution >= 4 is 43.0 Å². The van der Waals surface area contributed by atoms with Crippen molar-refractivity contribution in [2.75, 3.05) is 18.1 Å². The van der Waals surface area contributed by atoms with Crippen LogP contribution in [0, 0.1) is 5.82 Å². The molecule has 1 atom stereocenters. The number of hydrogen-bond donors (Lipinski definition) is 2. The van der Waals surface area contributed by atoms with Gasteiger partial charge in [-0.25, -0.2) is 12.8 Å². The monoisotopic (exact) mass is 436 g/mol. The Morgan fingerprint density at radius 1 is 1.24 bits per heavy atom. The van der Waals surface area contributed by atoms with Crippen molar-refractivity contribution in [1.82, 2.24) is 5.32 Å². The maximum atomic E-state index is 14.3. The molecule has 1 amide bonds. The quantitative estimate of drug-likeness (QED) is 0.585. The van der Waals surface area contributed by atoms with Crippen LogP contribution in [0.3, 0.4) is 0 Å². The van der Waals surface area contributed by atoms with Gasteiger partial charge >= 0.3 is 0 Å². The van der Waals surface area contributed by atoms with Crippen molar-refractivity contribution in [1.29, 1.82) is 0 Å². The van der Waals surface area contributed by atoms with E-state index in [0.29, 0.717) is 26.2 Å². The molecule has 0 aliphatic carbocycles. The number of ether oxygens (including phenoxy) is 1. The Morgan fingerprint density at radius 3 is 2.66 bits per heavy atom. The van der Waals surface area contributed by atoms with Crippen LogP contribution in [0.25, 0.3) is 10.1 Å². The lowest BCUT2D eigenvalue weighted by Gasteiger charge is -2.16. The van der Waals surface area contributed by atoms with Crippen molar-refractivity contribution in [3.63, 3.8) is 0 Å². The first-order valence-corrected chi connectivity index (χ1v) is 11.5. The number of anilines is 1. The zero-order valence-corrected chi connectivity index (χ0v) is 17.8. The summed E-state index contributed by atoms with van der Waals surface area (Å²) in [6.07, 6.45) is 1.07. The van der Waals surface area contributed by atoms with Gasteiger partial charge in [0.1, 0.15) is 5.82 Å². The van der Waals surface area contributed by atoms with E-state index in [-0.39, 0.29) is 12.5 Å². The zero-order valence-electron chi connectivity index (χ0n) is 16.2. The Labute approximate surface area is 172 Å². The number of sulfonamides is 1. The Balaban J connectivity index is 1.88. The minimum absolute atomic E-state index is 0.117. The fraction of sp³-hybridized carbons (Fsp3) is 0.250. The molecule has 154 valence electrons. The summed E-state index contributed by atoms with van der Waals surface area (Å²) in [6, 6.07) is 11.1. The van der Waals surface area contributed by atoms with Crippen LogP contribution < -0.4 is 10.0 Å². The Morgan fingerprint density at radius 2 is 1.97 bits per heavy atom. The summed E-state index contributed by atoms with van der Waals surface area (Å²) in [5.74, 6) is -0.732. The predicted molar refractivity (Wildman–Crippen MR) is 113 cm³/mol. The molecule has 2 N–H and O–H groups in total. The van der Waals surface area contributed by atoms with Gasteiger partial charge < -0.3 is 10.1 Å². The number of thiophene rings is 1. The maximum absolute atomic E-state index is 14.3. The highest BCUT2D eigenvalue weighted by Gasteiger charge is 2.22. The third-order valence-corrected chi connectivity index (χ3v) is 6.10. The molecule has 9 heteroatoms. The van der Waals surface area contributed by atoms with Gasteiger partial charge in [0.05, 0.1) is 23.8 Å². The third-order valence-electron chi connectivity index (χ3n) is 4.30. The van der Waals surface area contributed by atoms with Crippen LogP contribution in [0.5, 0.6) is 0 Å². The molecule has 3 rings (SSSR count). The Kier molecular flexibility index (Phi) is 6.21. The van der Waals surface area contributed by atoms with Gasteiger partial charge in [0, 0.05) is 28.4 Å². The summed E-state index contributed by atoms with van der Waals surface area (Å²) in [7, 11) is -1.91.